The van der Waals surface area contributed by atoms with Crippen molar-refractivity contribution in [3.8, 4) is 0 Å². The summed E-state index contributed by atoms with van der Waals surface area (Å²) in [5, 5.41) is 4.19. The van der Waals surface area contributed by atoms with Gasteiger partial charge in [0, 0.05) is 6.04 Å². The van der Waals surface area contributed by atoms with Crippen LogP contribution in [0.5, 0.6) is 0 Å². The second kappa shape index (κ2) is 10.9. The Morgan fingerprint density at radius 2 is 0.935 bits per heavy atom. The second-order valence-corrected chi connectivity index (χ2v) is 9.15. The number of nitrogens with two attached hydrogens (primary N) is 1. The molecule has 1 atom stereocenters. The zero-order chi connectivity index (χ0) is 22.2. The number of halogens is 3. The van der Waals surface area contributed by atoms with Crippen molar-refractivity contribution >= 4 is 23.8 Å². The lowest BCUT2D eigenvalue weighted by Gasteiger charge is -2.18. The molecule has 2 N–H and O–H groups in total. The molecule has 0 saturated carbocycles. The Kier molecular flexibility index (Phi) is 8.00. The molecule has 0 aromatic heterocycles. The maximum atomic E-state index is 12.5. The van der Waals surface area contributed by atoms with E-state index in [9.17, 15) is 13.2 Å². The molecule has 0 spiro atoms. The second-order valence-electron chi connectivity index (χ2n) is 6.93. The highest BCUT2D eigenvalue weighted by atomic mass is 31.1. The van der Waals surface area contributed by atoms with Crippen molar-refractivity contribution < 1.29 is 13.2 Å². The maximum Gasteiger partial charge on any atom is 0.194 e. The number of rotatable bonds is 4. The first-order chi connectivity index (χ1) is 15.0. The summed E-state index contributed by atoms with van der Waals surface area (Å²) in [4.78, 5) is 0. The van der Waals surface area contributed by atoms with Crippen LogP contribution in [0.1, 0.15) is 18.5 Å². The van der Waals surface area contributed by atoms with Crippen molar-refractivity contribution in [2.45, 2.75) is 13.0 Å². The fourth-order valence-electron chi connectivity index (χ4n) is 3.02. The van der Waals surface area contributed by atoms with Crippen molar-refractivity contribution in [2.75, 3.05) is 0 Å². The van der Waals surface area contributed by atoms with E-state index >= 15 is 0 Å². The van der Waals surface area contributed by atoms with Crippen molar-refractivity contribution in [1.29, 1.82) is 0 Å². The van der Waals surface area contributed by atoms with Gasteiger partial charge in [0.15, 0.2) is 17.5 Å². The highest BCUT2D eigenvalue weighted by Crippen LogP contribution is 2.32. The third-order valence-corrected chi connectivity index (χ3v) is 7.02. The van der Waals surface area contributed by atoms with Crippen molar-refractivity contribution in [3.63, 3.8) is 0 Å². The average molecular weight is 437 g/mol. The van der Waals surface area contributed by atoms with Gasteiger partial charge in [-0.2, -0.15) is 0 Å². The molecule has 158 valence electrons. The maximum absolute atomic E-state index is 12.5. The molecule has 0 unspecified atom stereocenters. The lowest BCUT2D eigenvalue weighted by molar-refractivity contribution is 0.444. The summed E-state index contributed by atoms with van der Waals surface area (Å²) in [6, 6.07) is 33.6. The van der Waals surface area contributed by atoms with E-state index in [1.807, 2.05) is 0 Å². The summed E-state index contributed by atoms with van der Waals surface area (Å²) in [7, 11) is -0.446. The average Bonchev–Trinajstić information content (AvgIpc) is 2.80. The summed E-state index contributed by atoms with van der Waals surface area (Å²) in [6.45, 7) is 1.56. The molecule has 0 bridgehead atoms. The Morgan fingerprint density at radius 1 is 0.613 bits per heavy atom. The van der Waals surface area contributed by atoms with E-state index in [4.69, 9.17) is 5.73 Å². The molecule has 0 radical (unpaired) electrons. The predicted octanol–water partition coefficient (Wildman–Crippen LogP) is 5.57. The third-order valence-electron chi connectivity index (χ3n) is 4.58. The molecular formula is C26H23F3NP. The van der Waals surface area contributed by atoms with Crippen LogP contribution in [0.4, 0.5) is 13.2 Å². The van der Waals surface area contributed by atoms with Crippen molar-refractivity contribution in [3.05, 3.63) is 126 Å². The standard InChI is InChI=1S/C18H15P.C8H8F3N/c1-4-10-16(11-5-1)19(17-12-6-2-7-13-17)18-14-8-3-9-15-18;1-4(12)5-2-6(9)8(11)7(10)3-5/h1-15H;2-4H,12H2,1H3/t;4-/m.0/s1. The Morgan fingerprint density at radius 3 is 1.23 bits per heavy atom. The smallest absolute Gasteiger partial charge is 0.194 e. The van der Waals surface area contributed by atoms with Crippen LogP contribution in [0.15, 0.2) is 103 Å². The quantitative estimate of drug-likeness (QED) is 0.328. The molecule has 0 aliphatic rings. The molecule has 4 aromatic rings. The fourth-order valence-corrected chi connectivity index (χ4v) is 5.32. The van der Waals surface area contributed by atoms with Gasteiger partial charge in [-0.3, -0.25) is 0 Å². The molecule has 4 rings (SSSR count). The summed E-state index contributed by atoms with van der Waals surface area (Å²) in [6.07, 6.45) is 0. The van der Waals surface area contributed by atoms with E-state index in [0.717, 1.165) is 12.1 Å². The largest absolute Gasteiger partial charge is 0.324 e. The first-order valence-electron chi connectivity index (χ1n) is 9.82. The van der Waals surface area contributed by atoms with Gasteiger partial charge in [-0.25, -0.2) is 13.2 Å². The molecule has 5 heteroatoms. The lowest BCUT2D eigenvalue weighted by Crippen LogP contribution is -2.20. The topological polar surface area (TPSA) is 26.0 Å². The van der Waals surface area contributed by atoms with E-state index in [2.05, 4.69) is 91.0 Å². The van der Waals surface area contributed by atoms with Crippen LogP contribution in [-0.2, 0) is 0 Å². The first-order valence-corrected chi connectivity index (χ1v) is 11.2. The Balaban J connectivity index is 0.000000196. The Labute approximate surface area is 182 Å². The Bertz CT molecular complexity index is 971. The minimum Gasteiger partial charge on any atom is -0.324 e. The van der Waals surface area contributed by atoms with Gasteiger partial charge in [-0.1, -0.05) is 91.0 Å². The van der Waals surface area contributed by atoms with Crippen LogP contribution < -0.4 is 21.6 Å². The highest BCUT2D eigenvalue weighted by molar-refractivity contribution is 7.79. The van der Waals surface area contributed by atoms with E-state index in [0.29, 0.717) is 0 Å². The van der Waals surface area contributed by atoms with Gasteiger partial charge >= 0.3 is 0 Å². The molecule has 0 saturated heterocycles. The molecule has 0 aliphatic carbocycles. The molecular weight excluding hydrogens is 414 g/mol. The first kappa shape index (κ1) is 22.7. The normalized spacial score (nSPS) is 11.5. The van der Waals surface area contributed by atoms with Crippen LogP contribution >= 0.6 is 7.92 Å². The van der Waals surface area contributed by atoms with E-state index in [1.165, 1.54) is 15.9 Å². The molecule has 0 heterocycles. The van der Waals surface area contributed by atoms with Gasteiger partial charge in [0.2, 0.25) is 0 Å². The van der Waals surface area contributed by atoms with Crippen LogP contribution in [0.3, 0.4) is 0 Å². The van der Waals surface area contributed by atoms with E-state index in [1.54, 1.807) is 6.92 Å². The van der Waals surface area contributed by atoms with E-state index in [-0.39, 0.29) is 5.56 Å². The molecule has 4 aromatic carbocycles. The molecule has 1 nitrogen and oxygen atoms in total. The minimum atomic E-state index is -1.46. The van der Waals surface area contributed by atoms with Crippen LogP contribution in [0, 0.1) is 17.5 Å². The predicted molar refractivity (Wildman–Crippen MR) is 124 cm³/mol. The molecule has 31 heavy (non-hydrogen) atoms. The lowest BCUT2D eigenvalue weighted by atomic mass is 10.1. The van der Waals surface area contributed by atoms with Gasteiger partial charge in [-0.15, -0.1) is 0 Å². The summed E-state index contributed by atoms with van der Waals surface area (Å²) in [5.41, 5.74) is 5.59. The van der Waals surface area contributed by atoms with Crippen LogP contribution in [-0.4, -0.2) is 0 Å². The summed E-state index contributed by atoms with van der Waals surface area (Å²) < 4.78 is 37.4. The number of hydrogen-bond donors (Lipinski definition) is 1. The van der Waals surface area contributed by atoms with Crippen LogP contribution in [0.25, 0.3) is 0 Å². The van der Waals surface area contributed by atoms with Crippen LogP contribution in [0.2, 0.25) is 0 Å². The molecule has 0 fully saturated rings. The van der Waals surface area contributed by atoms with Crippen molar-refractivity contribution in [2.24, 2.45) is 5.73 Å². The third kappa shape index (κ3) is 6.04. The molecule has 0 amide bonds. The zero-order valence-electron chi connectivity index (χ0n) is 17.1. The van der Waals surface area contributed by atoms with Gasteiger partial charge in [0.05, 0.1) is 0 Å². The zero-order valence-corrected chi connectivity index (χ0v) is 17.9. The minimum absolute atomic E-state index is 0.242. The van der Waals surface area contributed by atoms with Gasteiger partial charge in [0.25, 0.3) is 0 Å². The SMILES string of the molecule is C[C@H](N)c1cc(F)c(F)c(F)c1.c1ccc(P(c2ccccc2)c2ccccc2)cc1. The van der Waals surface area contributed by atoms with Gasteiger partial charge in [-0.05, 0) is 48.5 Å². The Hall–Kier alpha value is -2.94. The molecule has 0 aliphatic heterocycles. The summed E-state index contributed by atoms with van der Waals surface area (Å²) >= 11 is 0. The van der Waals surface area contributed by atoms with Gasteiger partial charge in [0.1, 0.15) is 0 Å². The monoisotopic (exact) mass is 437 g/mol. The van der Waals surface area contributed by atoms with Crippen molar-refractivity contribution in [1.82, 2.24) is 0 Å². The number of hydrogen-bond acceptors (Lipinski definition) is 1. The van der Waals surface area contributed by atoms with Gasteiger partial charge < -0.3 is 5.73 Å². The highest BCUT2D eigenvalue weighted by Gasteiger charge is 2.15. The fraction of sp³-hybridized carbons (Fsp3) is 0.0769. The number of benzene rings is 4. The van der Waals surface area contributed by atoms with E-state index < -0.39 is 31.4 Å². The summed E-state index contributed by atoms with van der Waals surface area (Å²) in [5.74, 6) is -3.87.